The number of halogens is 2. The zero-order valence-electron chi connectivity index (χ0n) is 7.61. The van der Waals surface area contributed by atoms with Crippen LogP contribution in [0, 0.1) is 18.6 Å². The molecule has 13 heavy (non-hydrogen) atoms. The fourth-order valence-electron chi connectivity index (χ4n) is 0.999. The van der Waals surface area contributed by atoms with Gasteiger partial charge in [0.1, 0.15) is 11.6 Å². The van der Waals surface area contributed by atoms with E-state index in [0.29, 0.717) is 17.5 Å². The molecule has 0 saturated carbocycles. The van der Waals surface area contributed by atoms with E-state index >= 15 is 0 Å². The van der Waals surface area contributed by atoms with Crippen molar-refractivity contribution in [2.24, 2.45) is 0 Å². The van der Waals surface area contributed by atoms with Crippen LogP contribution < -0.4 is 6.15 Å². The first-order valence-electron chi connectivity index (χ1n) is 3.70. The van der Waals surface area contributed by atoms with Crippen molar-refractivity contribution in [1.29, 1.82) is 0 Å². The number of allylic oxidation sites excluding steroid dienone is 1. The Balaban J connectivity index is 0.00000144. The van der Waals surface area contributed by atoms with Crippen LogP contribution in [0.15, 0.2) is 24.8 Å². The van der Waals surface area contributed by atoms with Gasteiger partial charge < -0.3 is 6.15 Å². The van der Waals surface area contributed by atoms with E-state index in [1.807, 2.05) is 0 Å². The standard InChI is InChI=1S/C10H10F2.H3N/c1-3-4-8-6-9(11)7(2)5-10(8)12;/h3,5-6H,1,4H2,2H3;1H3. The molecule has 0 aliphatic carbocycles. The first kappa shape index (κ1) is 11.8. The van der Waals surface area contributed by atoms with Crippen molar-refractivity contribution in [3.8, 4) is 0 Å². The Kier molecular flexibility index (Phi) is 4.28. The Bertz CT molecular complexity index is 308. The van der Waals surface area contributed by atoms with Crippen LogP contribution in [0.1, 0.15) is 11.1 Å². The normalized spacial score (nSPS) is 9.15. The first-order chi connectivity index (χ1) is 5.65. The maximum absolute atomic E-state index is 13.0. The van der Waals surface area contributed by atoms with Gasteiger partial charge in [-0.15, -0.1) is 6.58 Å². The maximum atomic E-state index is 13.0. The van der Waals surface area contributed by atoms with Gasteiger partial charge in [-0.25, -0.2) is 8.78 Å². The van der Waals surface area contributed by atoms with Gasteiger partial charge in [-0.1, -0.05) is 6.08 Å². The summed E-state index contributed by atoms with van der Waals surface area (Å²) in [7, 11) is 0. The molecule has 0 heterocycles. The molecule has 1 aromatic carbocycles. The van der Waals surface area contributed by atoms with Gasteiger partial charge in [0.25, 0.3) is 0 Å². The molecule has 0 unspecified atom stereocenters. The molecule has 0 aliphatic heterocycles. The summed E-state index contributed by atoms with van der Waals surface area (Å²) in [5.41, 5.74) is 0.688. The highest BCUT2D eigenvalue weighted by Gasteiger charge is 2.04. The van der Waals surface area contributed by atoms with Crippen molar-refractivity contribution >= 4 is 0 Å². The van der Waals surface area contributed by atoms with E-state index in [-0.39, 0.29) is 17.8 Å². The van der Waals surface area contributed by atoms with Crippen LogP contribution in [0.5, 0.6) is 0 Å². The first-order valence-corrected chi connectivity index (χ1v) is 3.70. The van der Waals surface area contributed by atoms with Crippen LogP contribution in [0.25, 0.3) is 0 Å². The zero-order chi connectivity index (χ0) is 9.14. The molecule has 0 saturated heterocycles. The largest absolute Gasteiger partial charge is 0.344 e. The summed E-state index contributed by atoms with van der Waals surface area (Å²) in [6, 6.07) is 2.42. The Labute approximate surface area is 76.7 Å². The average molecular weight is 185 g/mol. The van der Waals surface area contributed by atoms with Crippen LogP contribution in [0.2, 0.25) is 0 Å². The van der Waals surface area contributed by atoms with Crippen LogP contribution in [0.4, 0.5) is 8.78 Å². The van der Waals surface area contributed by atoms with Crippen molar-refractivity contribution in [2.45, 2.75) is 13.3 Å². The molecular weight excluding hydrogens is 172 g/mol. The number of aryl methyl sites for hydroxylation is 1. The third kappa shape index (κ3) is 2.63. The lowest BCUT2D eigenvalue weighted by atomic mass is 10.1. The lowest BCUT2D eigenvalue weighted by Gasteiger charge is -2.01. The van der Waals surface area contributed by atoms with E-state index in [2.05, 4.69) is 6.58 Å². The highest BCUT2D eigenvalue weighted by atomic mass is 19.1. The third-order valence-electron chi connectivity index (χ3n) is 1.69. The highest BCUT2D eigenvalue weighted by molar-refractivity contribution is 5.26. The molecule has 0 amide bonds. The average Bonchev–Trinajstić information content (AvgIpc) is 2.01. The maximum Gasteiger partial charge on any atom is 0.127 e. The van der Waals surface area contributed by atoms with E-state index in [1.165, 1.54) is 19.1 Å². The molecule has 0 spiro atoms. The second-order valence-electron chi connectivity index (χ2n) is 2.69. The summed E-state index contributed by atoms with van der Waals surface area (Å²) in [5, 5.41) is 0. The van der Waals surface area contributed by atoms with Crippen molar-refractivity contribution in [1.82, 2.24) is 6.15 Å². The lowest BCUT2D eigenvalue weighted by molar-refractivity contribution is 0.582. The third-order valence-corrected chi connectivity index (χ3v) is 1.69. The van der Waals surface area contributed by atoms with Crippen LogP contribution in [-0.2, 0) is 6.42 Å². The zero-order valence-corrected chi connectivity index (χ0v) is 7.61. The SMILES string of the molecule is C=CCc1cc(F)c(C)cc1F.N. The quantitative estimate of drug-likeness (QED) is 0.705. The molecule has 0 atom stereocenters. The molecule has 1 rings (SSSR count). The predicted molar refractivity (Wildman–Crippen MR) is 50.0 cm³/mol. The number of rotatable bonds is 2. The van der Waals surface area contributed by atoms with E-state index in [9.17, 15) is 8.78 Å². The monoisotopic (exact) mass is 185 g/mol. The minimum absolute atomic E-state index is 0. The van der Waals surface area contributed by atoms with Crippen molar-refractivity contribution in [3.63, 3.8) is 0 Å². The van der Waals surface area contributed by atoms with E-state index < -0.39 is 0 Å². The lowest BCUT2D eigenvalue weighted by Crippen LogP contribution is -1.92. The fraction of sp³-hybridized carbons (Fsp3) is 0.200. The Morgan fingerprint density at radius 1 is 1.31 bits per heavy atom. The summed E-state index contributed by atoms with van der Waals surface area (Å²) in [6.45, 7) is 5.00. The molecule has 0 aliphatic rings. The molecular formula is C10H13F2N. The van der Waals surface area contributed by atoms with Crippen LogP contribution in [-0.4, -0.2) is 0 Å². The number of hydrogen-bond acceptors (Lipinski definition) is 1. The van der Waals surface area contributed by atoms with Crippen molar-refractivity contribution in [2.75, 3.05) is 0 Å². The van der Waals surface area contributed by atoms with Crippen molar-refractivity contribution < 1.29 is 8.78 Å². The van der Waals surface area contributed by atoms with Gasteiger partial charge in [0.05, 0.1) is 0 Å². The summed E-state index contributed by atoms with van der Waals surface area (Å²) >= 11 is 0. The second-order valence-corrected chi connectivity index (χ2v) is 2.69. The Hall–Kier alpha value is -1.22. The van der Waals surface area contributed by atoms with Gasteiger partial charge in [0.15, 0.2) is 0 Å². The summed E-state index contributed by atoms with van der Waals surface area (Å²) in [5.74, 6) is -0.734. The smallest absolute Gasteiger partial charge is 0.127 e. The molecule has 3 heteroatoms. The second kappa shape index (κ2) is 4.72. The van der Waals surface area contributed by atoms with E-state index in [0.717, 1.165) is 0 Å². The number of hydrogen-bond donors (Lipinski definition) is 1. The Morgan fingerprint density at radius 3 is 2.46 bits per heavy atom. The fourth-order valence-corrected chi connectivity index (χ4v) is 0.999. The van der Waals surface area contributed by atoms with Gasteiger partial charge in [-0.3, -0.25) is 0 Å². The molecule has 1 nitrogen and oxygen atoms in total. The van der Waals surface area contributed by atoms with Gasteiger partial charge in [0.2, 0.25) is 0 Å². The van der Waals surface area contributed by atoms with Gasteiger partial charge >= 0.3 is 0 Å². The topological polar surface area (TPSA) is 35.0 Å². The van der Waals surface area contributed by atoms with Gasteiger partial charge in [-0.2, -0.15) is 0 Å². The minimum atomic E-state index is -0.367. The highest BCUT2D eigenvalue weighted by Crippen LogP contribution is 2.14. The predicted octanol–water partition coefficient (Wildman–Crippen LogP) is 3.16. The molecule has 0 fully saturated rings. The summed E-state index contributed by atoms with van der Waals surface area (Å²) in [6.07, 6.45) is 1.91. The summed E-state index contributed by atoms with van der Waals surface area (Å²) < 4.78 is 25.9. The minimum Gasteiger partial charge on any atom is -0.344 e. The molecule has 3 N–H and O–H groups in total. The molecule has 0 radical (unpaired) electrons. The number of benzene rings is 1. The van der Waals surface area contributed by atoms with Crippen LogP contribution >= 0.6 is 0 Å². The van der Waals surface area contributed by atoms with E-state index in [4.69, 9.17) is 0 Å². The van der Waals surface area contributed by atoms with Gasteiger partial charge in [0, 0.05) is 0 Å². The van der Waals surface area contributed by atoms with Gasteiger partial charge in [-0.05, 0) is 36.6 Å². The molecule has 0 aromatic heterocycles. The van der Waals surface area contributed by atoms with Crippen LogP contribution in [0.3, 0.4) is 0 Å². The molecule has 72 valence electrons. The van der Waals surface area contributed by atoms with Crippen molar-refractivity contribution in [3.05, 3.63) is 47.5 Å². The Morgan fingerprint density at radius 2 is 1.92 bits per heavy atom. The van der Waals surface area contributed by atoms with E-state index in [1.54, 1.807) is 6.08 Å². The summed E-state index contributed by atoms with van der Waals surface area (Å²) in [4.78, 5) is 0. The molecule has 1 aromatic rings. The molecule has 0 bridgehead atoms.